The predicted octanol–water partition coefficient (Wildman–Crippen LogP) is 2.70. The second-order valence-electron chi connectivity index (χ2n) is 6.43. The predicted molar refractivity (Wildman–Crippen MR) is 102 cm³/mol. The number of hydrogen-bond acceptors (Lipinski definition) is 6. The lowest BCUT2D eigenvalue weighted by Crippen LogP contribution is -2.36. The van der Waals surface area contributed by atoms with Crippen LogP contribution in [0.2, 0.25) is 0 Å². The van der Waals surface area contributed by atoms with E-state index in [1.165, 1.54) is 0 Å². The van der Waals surface area contributed by atoms with Crippen LogP contribution in [0.15, 0.2) is 30.5 Å². The highest BCUT2D eigenvalue weighted by Crippen LogP contribution is 2.31. The number of nitrogens with zero attached hydrogens (tertiary/aromatic N) is 3. The molecule has 12 heteroatoms. The molecule has 1 saturated heterocycles. The average Bonchev–Trinajstić information content (AvgIpc) is 2.71. The number of hydrogen-bond donors (Lipinski definition) is 3. The molecule has 0 spiro atoms. The van der Waals surface area contributed by atoms with Crippen molar-refractivity contribution in [1.82, 2.24) is 15.5 Å². The summed E-state index contributed by atoms with van der Waals surface area (Å²) in [6.45, 7) is 3.23. The van der Waals surface area contributed by atoms with Gasteiger partial charge < -0.3 is 25.6 Å². The van der Waals surface area contributed by atoms with Crippen LogP contribution in [0.25, 0.3) is 0 Å². The molecule has 30 heavy (non-hydrogen) atoms. The molecule has 2 amide bonds. The van der Waals surface area contributed by atoms with Gasteiger partial charge in [0.15, 0.2) is 5.82 Å². The van der Waals surface area contributed by atoms with Crippen LogP contribution in [0.3, 0.4) is 0 Å². The first-order valence-electron chi connectivity index (χ1n) is 9.13. The van der Waals surface area contributed by atoms with Crippen LogP contribution in [0.4, 0.5) is 39.5 Å². The Balaban J connectivity index is 1.46. The Kier molecular flexibility index (Phi) is 6.87. The molecule has 0 saturated carbocycles. The van der Waals surface area contributed by atoms with Gasteiger partial charge in [-0.1, -0.05) is 0 Å². The van der Waals surface area contributed by atoms with Crippen molar-refractivity contribution < 1.29 is 27.1 Å². The zero-order valence-electron chi connectivity index (χ0n) is 15.8. The minimum atomic E-state index is -4.71. The summed E-state index contributed by atoms with van der Waals surface area (Å²) in [4.78, 5) is 14.0. The average molecular weight is 428 g/mol. The SMILES string of the molecule is O=C(NCCNc1cc(N2CCOCC2)cnn1)Nc1cc(F)cc(C(F)(F)F)c1. The zero-order valence-corrected chi connectivity index (χ0v) is 15.8. The molecule has 2 aromatic rings. The van der Waals surface area contributed by atoms with Crippen molar-refractivity contribution in [1.29, 1.82) is 0 Å². The Labute approximate surface area is 169 Å². The summed E-state index contributed by atoms with van der Waals surface area (Å²) in [5.41, 5.74) is -0.580. The van der Waals surface area contributed by atoms with E-state index in [0.717, 1.165) is 24.8 Å². The van der Waals surface area contributed by atoms with Crippen LogP contribution < -0.4 is 20.9 Å². The van der Waals surface area contributed by atoms with E-state index in [0.29, 0.717) is 37.7 Å². The molecule has 1 aromatic heterocycles. The van der Waals surface area contributed by atoms with Gasteiger partial charge in [0.25, 0.3) is 0 Å². The number of aromatic nitrogens is 2. The third kappa shape index (κ3) is 6.17. The molecule has 0 radical (unpaired) electrons. The van der Waals surface area contributed by atoms with Crippen LogP contribution in [0.5, 0.6) is 0 Å². The highest BCUT2D eigenvalue weighted by atomic mass is 19.4. The van der Waals surface area contributed by atoms with E-state index < -0.39 is 23.6 Å². The molecule has 0 unspecified atom stereocenters. The minimum Gasteiger partial charge on any atom is -0.378 e. The topological polar surface area (TPSA) is 91.4 Å². The first kappa shape index (κ1) is 21.6. The summed E-state index contributed by atoms with van der Waals surface area (Å²) in [7, 11) is 0. The number of carbonyl (C=O) groups is 1. The van der Waals surface area contributed by atoms with Crippen LogP contribution in [-0.2, 0) is 10.9 Å². The van der Waals surface area contributed by atoms with Crippen molar-refractivity contribution in [2.45, 2.75) is 6.18 Å². The molecule has 162 valence electrons. The van der Waals surface area contributed by atoms with Crippen molar-refractivity contribution in [3.63, 3.8) is 0 Å². The Bertz CT molecular complexity index is 874. The van der Waals surface area contributed by atoms with Crippen molar-refractivity contribution in [2.75, 3.05) is 54.9 Å². The van der Waals surface area contributed by atoms with Crippen LogP contribution in [-0.4, -0.2) is 55.6 Å². The summed E-state index contributed by atoms with van der Waals surface area (Å²) in [5, 5.41) is 15.6. The normalized spacial score (nSPS) is 14.3. The number of rotatable bonds is 6. The Morgan fingerprint density at radius 1 is 1.13 bits per heavy atom. The van der Waals surface area contributed by atoms with Crippen LogP contribution in [0, 0.1) is 5.82 Å². The number of nitrogens with one attached hydrogen (secondary N) is 3. The number of anilines is 3. The molecular formula is C18H20F4N6O2. The highest BCUT2D eigenvalue weighted by Gasteiger charge is 2.31. The van der Waals surface area contributed by atoms with Crippen molar-refractivity contribution in [3.05, 3.63) is 41.8 Å². The largest absolute Gasteiger partial charge is 0.416 e. The number of carbonyl (C=O) groups excluding carboxylic acids is 1. The van der Waals surface area contributed by atoms with Crippen LogP contribution >= 0.6 is 0 Å². The van der Waals surface area contributed by atoms with Gasteiger partial charge in [0.2, 0.25) is 0 Å². The van der Waals surface area contributed by atoms with Gasteiger partial charge in [0, 0.05) is 37.9 Å². The number of benzene rings is 1. The monoisotopic (exact) mass is 428 g/mol. The van der Waals surface area contributed by atoms with Gasteiger partial charge in [0.1, 0.15) is 5.82 Å². The lowest BCUT2D eigenvalue weighted by Gasteiger charge is -2.28. The molecule has 8 nitrogen and oxygen atoms in total. The second-order valence-corrected chi connectivity index (χ2v) is 6.43. The lowest BCUT2D eigenvalue weighted by atomic mass is 10.2. The van der Waals surface area contributed by atoms with Gasteiger partial charge in [0.05, 0.1) is 30.7 Å². The third-order valence-corrected chi connectivity index (χ3v) is 4.22. The molecule has 1 aromatic carbocycles. The lowest BCUT2D eigenvalue weighted by molar-refractivity contribution is -0.137. The molecule has 1 fully saturated rings. The third-order valence-electron chi connectivity index (χ3n) is 4.22. The number of urea groups is 1. The van der Waals surface area contributed by atoms with Crippen molar-refractivity contribution in [2.24, 2.45) is 0 Å². The summed E-state index contributed by atoms with van der Waals surface area (Å²) in [5.74, 6) is -0.582. The molecule has 3 N–H and O–H groups in total. The fourth-order valence-electron chi connectivity index (χ4n) is 2.80. The Morgan fingerprint density at radius 3 is 2.63 bits per heavy atom. The van der Waals surface area contributed by atoms with Crippen molar-refractivity contribution >= 4 is 23.2 Å². The zero-order chi connectivity index (χ0) is 21.6. The number of amides is 2. The maximum absolute atomic E-state index is 13.4. The van der Waals surface area contributed by atoms with Gasteiger partial charge in [-0.15, -0.1) is 5.10 Å². The summed E-state index contributed by atoms with van der Waals surface area (Å²) < 4.78 is 56.8. The number of ether oxygens (including phenoxy) is 1. The quantitative estimate of drug-likeness (QED) is 0.484. The fraction of sp³-hybridized carbons (Fsp3) is 0.389. The van der Waals surface area contributed by atoms with E-state index in [-0.39, 0.29) is 12.2 Å². The molecule has 2 heterocycles. The summed E-state index contributed by atoms with van der Waals surface area (Å²) in [6.07, 6.45) is -3.06. The van der Waals surface area contributed by atoms with Gasteiger partial charge >= 0.3 is 12.2 Å². The second kappa shape index (κ2) is 9.57. The molecule has 0 bridgehead atoms. The molecule has 0 aliphatic carbocycles. The van der Waals surface area contributed by atoms with E-state index in [9.17, 15) is 22.4 Å². The number of morpholine rings is 1. The molecule has 1 aliphatic heterocycles. The van der Waals surface area contributed by atoms with E-state index in [2.05, 4.69) is 31.0 Å². The standard InChI is InChI=1S/C18H20F4N6O2/c19-13-7-12(18(20,21)22)8-14(9-13)26-17(29)24-2-1-23-16-10-15(11-25-27-16)28-3-5-30-6-4-28/h7-11H,1-6H2,(H,23,27)(H2,24,26,29). The molecule has 3 rings (SSSR count). The smallest absolute Gasteiger partial charge is 0.378 e. The maximum atomic E-state index is 13.4. The van der Waals surface area contributed by atoms with Gasteiger partial charge in [-0.05, 0) is 18.2 Å². The fourth-order valence-corrected chi connectivity index (χ4v) is 2.80. The minimum absolute atomic E-state index is 0.150. The summed E-state index contributed by atoms with van der Waals surface area (Å²) >= 11 is 0. The number of halogens is 4. The van der Waals surface area contributed by atoms with Gasteiger partial charge in [-0.2, -0.15) is 18.3 Å². The summed E-state index contributed by atoms with van der Waals surface area (Å²) in [6, 6.07) is 2.89. The van der Waals surface area contributed by atoms with E-state index in [4.69, 9.17) is 4.74 Å². The maximum Gasteiger partial charge on any atom is 0.416 e. The van der Waals surface area contributed by atoms with Gasteiger partial charge in [-0.25, -0.2) is 9.18 Å². The highest BCUT2D eigenvalue weighted by molar-refractivity contribution is 5.89. The van der Waals surface area contributed by atoms with E-state index in [1.54, 1.807) is 6.20 Å². The first-order chi connectivity index (χ1) is 14.3. The molecule has 1 aliphatic rings. The number of alkyl halides is 3. The first-order valence-corrected chi connectivity index (χ1v) is 9.13. The molecule has 0 atom stereocenters. The Morgan fingerprint density at radius 2 is 1.90 bits per heavy atom. The van der Waals surface area contributed by atoms with Crippen molar-refractivity contribution in [3.8, 4) is 0 Å². The molecular weight excluding hydrogens is 408 g/mol. The van der Waals surface area contributed by atoms with E-state index in [1.807, 2.05) is 6.07 Å². The van der Waals surface area contributed by atoms with E-state index >= 15 is 0 Å². The van der Waals surface area contributed by atoms with Crippen LogP contribution in [0.1, 0.15) is 5.56 Å². The Hall–Kier alpha value is -3.15. The van der Waals surface area contributed by atoms with Gasteiger partial charge in [-0.3, -0.25) is 0 Å².